The molecule has 1 N–H and O–H groups in total. The van der Waals surface area contributed by atoms with Crippen molar-refractivity contribution in [3.8, 4) is 11.5 Å². The summed E-state index contributed by atoms with van der Waals surface area (Å²) in [5, 5.41) is 10.7. The fourth-order valence-corrected chi connectivity index (χ4v) is 4.47. The lowest BCUT2D eigenvalue weighted by Gasteiger charge is -2.39. The number of hydrogen-bond acceptors (Lipinski definition) is 4. The topological polar surface area (TPSA) is 70.1 Å². The molecule has 1 saturated heterocycles. The summed E-state index contributed by atoms with van der Waals surface area (Å²) >= 11 is 0. The standard InChI is InChI=1S/C27H33F3N2O4/c1-18(2)17-26(35)9-11-32(12-10-26)24(33)15-19-13-21(27(28,29)30)16-23(14-19)36-22-7-5-20(6-8-22)25(34)31(3)4/h5-8,13-14,16,18,35H,9-12,15,17H2,1-4H3. The number of likely N-dealkylation sites (tertiary alicyclic amines) is 1. The van der Waals surface area contributed by atoms with E-state index < -0.39 is 17.3 Å². The first-order valence-corrected chi connectivity index (χ1v) is 12.0. The van der Waals surface area contributed by atoms with Gasteiger partial charge in [-0.1, -0.05) is 13.8 Å². The summed E-state index contributed by atoms with van der Waals surface area (Å²) in [5.74, 6) is 0.0392. The lowest BCUT2D eigenvalue weighted by molar-refractivity contribution is -0.138. The number of piperidine rings is 1. The van der Waals surface area contributed by atoms with Gasteiger partial charge in [-0.05, 0) is 73.2 Å². The number of benzene rings is 2. The van der Waals surface area contributed by atoms with Crippen LogP contribution in [0.1, 0.15) is 54.6 Å². The van der Waals surface area contributed by atoms with Gasteiger partial charge in [0.2, 0.25) is 5.91 Å². The van der Waals surface area contributed by atoms with Crippen LogP contribution in [0.2, 0.25) is 0 Å². The molecular formula is C27H33F3N2O4. The molecule has 0 saturated carbocycles. The average molecular weight is 507 g/mol. The molecule has 1 aliphatic heterocycles. The highest BCUT2D eigenvalue weighted by Crippen LogP contribution is 2.35. The summed E-state index contributed by atoms with van der Waals surface area (Å²) in [6.45, 7) is 4.78. The van der Waals surface area contributed by atoms with E-state index in [4.69, 9.17) is 4.74 Å². The molecule has 1 heterocycles. The largest absolute Gasteiger partial charge is 0.457 e. The first kappa shape index (κ1) is 27.5. The number of hydrogen-bond donors (Lipinski definition) is 1. The SMILES string of the molecule is CC(C)CC1(O)CCN(C(=O)Cc2cc(Oc3ccc(C(=O)N(C)C)cc3)cc(C(F)(F)F)c2)CC1. The molecule has 1 aliphatic rings. The van der Waals surface area contributed by atoms with Crippen LogP contribution in [-0.4, -0.2) is 59.5 Å². The Hall–Kier alpha value is -3.07. The van der Waals surface area contributed by atoms with E-state index in [-0.39, 0.29) is 35.3 Å². The van der Waals surface area contributed by atoms with Gasteiger partial charge in [0.1, 0.15) is 11.5 Å². The number of rotatable bonds is 7. The van der Waals surface area contributed by atoms with Crippen molar-refractivity contribution >= 4 is 11.8 Å². The van der Waals surface area contributed by atoms with Crippen LogP contribution < -0.4 is 4.74 Å². The zero-order valence-electron chi connectivity index (χ0n) is 21.1. The summed E-state index contributed by atoms with van der Waals surface area (Å²) in [5.41, 5.74) is -1.11. The van der Waals surface area contributed by atoms with Gasteiger partial charge in [0.25, 0.3) is 5.91 Å². The summed E-state index contributed by atoms with van der Waals surface area (Å²) in [6, 6.07) is 9.36. The van der Waals surface area contributed by atoms with Gasteiger partial charge < -0.3 is 19.6 Å². The molecule has 0 bridgehead atoms. The van der Waals surface area contributed by atoms with Gasteiger partial charge in [-0.25, -0.2) is 0 Å². The molecule has 0 spiro atoms. The van der Waals surface area contributed by atoms with Crippen molar-refractivity contribution in [1.29, 1.82) is 0 Å². The maximum Gasteiger partial charge on any atom is 0.416 e. The fraction of sp³-hybridized carbons (Fsp3) is 0.481. The smallest absolute Gasteiger partial charge is 0.416 e. The van der Waals surface area contributed by atoms with E-state index in [9.17, 15) is 27.9 Å². The van der Waals surface area contributed by atoms with Crippen molar-refractivity contribution in [3.05, 3.63) is 59.2 Å². The Kier molecular flexibility index (Phi) is 8.33. The van der Waals surface area contributed by atoms with Crippen molar-refractivity contribution in [2.24, 2.45) is 5.92 Å². The number of carbonyl (C=O) groups is 2. The summed E-state index contributed by atoms with van der Waals surface area (Å²) in [6.07, 6.45) is -3.29. The normalized spacial score (nSPS) is 15.6. The van der Waals surface area contributed by atoms with Crippen molar-refractivity contribution in [1.82, 2.24) is 9.80 Å². The maximum atomic E-state index is 13.6. The van der Waals surface area contributed by atoms with Gasteiger partial charge in [0.05, 0.1) is 17.6 Å². The van der Waals surface area contributed by atoms with Gasteiger partial charge in [0.15, 0.2) is 0 Å². The van der Waals surface area contributed by atoms with Crippen molar-refractivity contribution in [2.75, 3.05) is 27.2 Å². The molecule has 9 heteroatoms. The van der Waals surface area contributed by atoms with Crippen LogP contribution in [0.15, 0.2) is 42.5 Å². The lowest BCUT2D eigenvalue weighted by atomic mass is 9.84. The third-order valence-electron chi connectivity index (χ3n) is 6.23. The van der Waals surface area contributed by atoms with Crippen molar-refractivity contribution < 1.29 is 32.6 Å². The fourth-order valence-electron chi connectivity index (χ4n) is 4.47. The molecule has 3 rings (SSSR count). The molecule has 36 heavy (non-hydrogen) atoms. The molecule has 2 aromatic carbocycles. The molecule has 0 aliphatic carbocycles. The molecule has 2 amide bonds. The van der Waals surface area contributed by atoms with Crippen molar-refractivity contribution in [2.45, 2.75) is 51.3 Å². The lowest BCUT2D eigenvalue weighted by Crippen LogP contribution is -2.47. The molecule has 0 radical (unpaired) electrons. The number of aliphatic hydroxyl groups is 1. The Labute approximate surface area is 209 Å². The predicted molar refractivity (Wildman–Crippen MR) is 130 cm³/mol. The van der Waals surface area contributed by atoms with Gasteiger partial charge >= 0.3 is 6.18 Å². The molecular weight excluding hydrogens is 473 g/mol. The third-order valence-corrected chi connectivity index (χ3v) is 6.23. The van der Waals surface area contributed by atoms with E-state index in [1.54, 1.807) is 19.0 Å². The van der Waals surface area contributed by atoms with Gasteiger partial charge in [0, 0.05) is 32.7 Å². The number of halogens is 3. The minimum atomic E-state index is -4.61. The molecule has 2 aromatic rings. The van der Waals surface area contributed by atoms with E-state index in [1.807, 2.05) is 13.8 Å². The van der Waals surface area contributed by atoms with Gasteiger partial charge in [-0.2, -0.15) is 13.2 Å². The number of alkyl halides is 3. The highest BCUT2D eigenvalue weighted by atomic mass is 19.4. The Bertz CT molecular complexity index is 1070. The van der Waals surface area contributed by atoms with Crippen molar-refractivity contribution in [3.63, 3.8) is 0 Å². The van der Waals surface area contributed by atoms with E-state index in [2.05, 4.69) is 0 Å². The quantitative estimate of drug-likeness (QED) is 0.565. The zero-order chi connectivity index (χ0) is 26.7. The number of ether oxygens (including phenoxy) is 1. The highest BCUT2D eigenvalue weighted by molar-refractivity contribution is 5.93. The Balaban J connectivity index is 1.74. The van der Waals surface area contributed by atoms with E-state index in [0.717, 1.165) is 12.1 Å². The summed E-state index contributed by atoms with van der Waals surface area (Å²) in [4.78, 5) is 27.9. The van der Waals surface area contributed by atoms with Crippen LogP contribution in [0.25, 0.3) is 0 Å². The molecule has 0 aromatic heterocycles. The van der Waals surface area contributed by atoms with Gasteiger partial charge in [-0.15, -0.1) is 0 Å². The zero-order valence-corrected chi connectivity index (χ0v) is 21.1. The first-order valence-electron chi connectivity index (χ1n) is 12.0. The molecule has 1 fully saturated rings. The monoisotopic (exact) mass is 506 g/mol. The Morgan fingerprint density at radius 1 is 1.06 bits per heavy atom. The number of carbonyl (C=O) groups excluding carboxylic acids is 2. The van der Waals surface area contributed by atoms with Crippen LogP contribution in [0.4, 0.5) is 13.2 Å². The van der Waals surface area contributed by atoms with Crippen LogP contribution in [0, 0.1) is 5.92 Å². The summed E-state index contributed by atoms with van der Waals surface area (Å²) in [7, 11) is 3.24. The predicted octanol–water partition coefficient (Wildman–Crippen LogP) is 5.14. The van der Waals surface area contributed by atoms with E-state index in [0.29, 0.717) is 43.8 Å². The van der Waals surface area contributed by atoms with Crippen LogP contribution in [0.3, 0.4) is 0 Å². The second-order valence-electron chi connectivity index (χ2n) is 10.1. The first-order chi connectivity index (χ1) is 16.8. The summed E-state index contributed by atoms with van der Waals surface area (Å²) < 4.78 is 46.4. The molecule has 0 atom stereocenters. The third kappa shape index (κ3) is 7.22. The Morgan fingerprint density at radius 2 is 1.67 bits per heavy atom. The van der Waals surface area contributed by atoms with Crippen LogP contribution in [-0.2, 0) is 17.4 Å². The highest BCUT2D eigenvalue weighted by Gasteiger charge is 2.35. The second-order valence-corrected chi connectivity index (χ2v) is 10.1. The average Bonchev–Trinajstić information content (AvgIpc) is 2.78. The molecule has 196 valence electrons. The number of amides is 2. The Morgan fingerprint density at radius 3 is 2.19 bits per heavy atom. The number of nitrogens with zero attached hydrogens (tertiary/aromatic N) is 2. The molecule has 0 unspecified atom stereocenters. The minimum absolute atomic E-state index is 0.0516. The van der Waals surface area contributed by atoms with E-state index >= 15 is 0 Å². The van der Waals surface area contributed by atoms with Crippen LogP contribution in [0.5, 0.6) is 11.5 Å². The van der Waals surface area contributed by atoms with E-state index in [1.165, 1.54) is 35.2 Å². The molecule has 6 nitrogen and oxygen atoms in total. The van der Waals surface area contributed by atoms with Gasteiger partial charge in [-0.3, -0.25) is 9.59 Å². The van der Waals surface area contributed by atoms with Crippen LogP contribution >= 0.6 is 0 Å². The minimum Gasteiger partial charge on any atom is -0.457 e. The second kappa shape index (κ2) is 10.9. The maximum absolute atomic E-state index is 13.6.